The van der Waals surface area contributed by atoms with E-state index in [0.29, 0.717) is 12.0 Å². The van der Waals surface area contributed by atoms with Gasteiger partial charge in [0, 0.05) is 25.3 Å². The molecule has 0 radical (unpaired) electrons. The first-order valence-corrected chi connectivity index (χ1v) is 6.58. The van der Waals surface area contributed by atoms with Gasteiger partial charge in [0.15, 0.2) is 0 Å². The maximum atomic E-state index is 9.73. The van der Waals surface area contributed by atoms with Crippen LogP contribution in [0.5, 0.6) is 0 Å². The first-order valence-electron chi connectivity index (χ1n) is 6.58. The van der Waals surface area contributed by atoms with Gasteiger partial charge in [0.05, 0.1) is 18.1 Å². The summed E-state index contributed by atoms with van der Waals surface area (Å²) in [5.41, 5.74) is 1.22. The highest BCUT2D eigenvalue weighted by molar-refractivity contribution is 4.99. The van der Waals surface area contributed by atoms with Crippen LogP contribution >= 0.6 is 0 Å². The Bertz CT molecular complexity index is 348. The van der Waals surface area contributed by atoms with Crippen LogP contribution in [0.15, 0.2) is 12.5 Å². The molecule has 1 aliphatic rings. The molecule has 1 aromatic rings. The van der Waals surface area contributed by atoms with E-state index in [1.807, 2.05) is 12.5 Å². The van der Waals surface area contributed by atoms with Crippen LogP contribution in [0.3, 0.4) is 0 Å². The highest BCUT2D eigenvalue weighted by Gasteiger charge is 2.24. The summed E-state index contributed by atoms with van der Waals surface area (Å²) in [6.45, 7) is 6.06. The summed E-state index contributed by atoms with van der Waals surface area (Å²) in [6.07, 6.45) is 6.98. The normalized spacial score (nSPS) is 24.7. The minimum absolute atomic E-state index is 0.0995. The molecule has 1 fully saturated rings. The van der Waals surface area contributed by atoms with Gasteiger partial charge >= 0.3 is 0 Å². The maximum absolute atomic E-state index is 9.73. The predicted octanol–water partition coefficient (Wildman–Crippen LogP) is 1.71. The van der Waals surface area contributed by atoms with Crippen molar-refractivity contribution in [1.29, 1.82) is 0 Å². The molecule has 1 saturated carbocycles. The first-order chi connectivity index (χ1) is 8.18. The van der Waals surface area contributed by atoms with Crippen molar-refractivity contribution in [3.8, 4) is 0 Å². The van der Waals surface area contributed by atoms with Crippen LogP contribution in [0.25, 0.3) is 0 Å². The van der Waals surface area contributed by atoms with Gasteiger partial charge in [-0.3, -0.25) is 0 Å². The van der Waals surface area contributed by atoms with E-state index in [1.54, 1.807) is 0 Å². The molecule has 0 aromatic carbocycles. The van der Waals surface area contributed by atoms with Crippen molar-refractivity contribution in [2.75, 3.05) is 6.54 Å². The molecule has 4 heteroatoms. The van der Waals surface area contributed by atoms with Crippen molar-refractivity contribution in [3.63, 3.8) is 0 Å². The van der Waals surface area contributed by atoms with Gasteiger partial charge < -0.3 is 15.0 Å². The van der Waals surface area contributed by atoms with Crippen molar-refractivity contribution in [1.82, 2.24) is 14.9 Å². The van der Waals surface area contributed by atoms with Crippen LogP contribution < -0.4 is 5.32 Å². The molecule has 1 aliphatic carbocycles. The van der Waals surface area contributed by atoms with E-state index in [2.05, 4.69) is 28.7 Å². The van der Waals surface area contributed by atoms with Crippen LogP contribution in [0.4, 0.5) is 0 Å². The molecule has 1 heterocycles. The highest BCUT2D eigenvalue weighted by Crippen LogP contribution is 2.24. The number of rotatable bonds is 5. The highest BCUT2D eigenvalue weighted by atomic mass is 16.3. The fourth-order valence-electron chi connectivity index (χ4n) is 2.57. The average Bonchev–Trinajstić information content (AvgIpc) is 2.88. The molecule has 0 bridgehead atoms. The first kappa shape index (κ1) is 12.6. The third-order valence-corrected chi connectivity index (χ3v) is 3.63. The van der Waals surface area contributed by atoms with Crippen LogP contribution in [-0.4, -0.2) is 27.3 Å². The van der Waals surface area contributed by atoms with Crippen LogP contribution in [0, 0.1) is 5.92 Å². The van der Waals surface area contributed by atoms with Crippen molar-refractivity contribution in [2.24, 2.45) is 5.92 Å². The number of nitrogens with zero attached hydrogens (tertiary/aromatic N) is 2. The van der Waals surface area contributed by atoms with E-state index in [0.717, 1.165) is 32.4 Å². The van der Waals surface area contributed by atoms with E-state index in [4.69, 9.17) is 0 Å². The molecule has 2 rings (SSSR count). The Labute approximate surface area is 103 Å². The van der Waals surface area contributed by atoms with Gasteiger partial charge in [-0.2, -0.15) is 0 Å². The SMILES string of the molecule is CC(C)n1cncc1CNCC1CCCC1O. The molecule has 0 aliphatic heterocycles. The molecule has 4 nitrogen and oxygen atoms in total. The lowest BCUT2D eigenvalue weighted by atomic mass is 10.1. The Hall–Kier alpha value is -0.870. The second kappa shape index (κ2) is 5.65. The van der Waals surface area contributed by atoms with Crippen molar-refractivity contribution < 1.29 is 5.11 Å². The number of imidazole rings is 1. The number of nitrogens with one attached hydrogen (secondary N) is 1. The lowest BCUT2D eigenvalue weighted by Crippen LogP contribution is -2.28. The Morgan fingerprint density at radius 2 is 2.35 bits per heavy atom. The maximum Gasteiger partial charge on any atom is 0.0951 e. The molecule has 2 unspecified atom stereocenters. The van der Waals surface area contributed by atoms with E-state index in [-0.39, 0.29) is 6.10 Å². The standard InChI is InChI=1S/C13H23N3O/c1-10(2)16-9-15-8-12(16)7-14-6-11-4-3-5-13(11)17/h8-11,13-14,17H,3-7H2,1-2H3. The van der Waals surface area contributed by atoms with E-state index in [9.17, 15) is 5.11 Å². The Morgan fingerprint density at radius 3 is 3.00 bits per heavy atom. The average molecular weight is 237 g/mol. The van der Waals surface area contributed by atoms with Crippen molar-refractivity contribution >= 4 is 0 Å². The zero-order chi connectivity index (χ0) is 12.3. The number of hydrogen-bond donors (Lipinski definition) is 2. The second-order valence-electron chi connectivity index (χ2n) is 5.28. The number of aromatic nitrogens is 2. The minimum atomic E-state index is -0.0995. The molecule has 2 N–H and O–H groups in total. The van der Waals surface area contributed by atoms with E-state index >= 15 is 0 Å². The Morgan fingerprint density at radius 1 is 1.53 bits per heavy atom. The zero-order valence-corrected chi connectivity index (χ0v) is 10.8. The summed E-state index contributed by atoms with van der Waals surface area (Å²) in [7, 11) is 0. The van der Waals surface area contributed by atoms with Gasteiger partial charge in [-0.25, -0.2) is 4.98 Å². The number of aliphatic hydroxyl groups is 1. The number of hydrogen-bond acceptors (Lipinski definition) is 3. The molecular weight excluding hydrogens is 214 g/mol. The topological polar surface area (TPSA) is 50.1 Å². The third-order valence-electron chi connectivity index (χ3n) is 3.63. The lowest BCUT2D eigenvalue weighted by Gasteiger charge is -2.16. The van der Waals surface area contributed by atoms with E-state index in [1.165, 1.54) is 5.69 Å². The summed E-state index contributed by atoms with van der Waals surface area (Å²) in [6, 6.07) is 0.450. The van der Waals surface area contributed by atoms with Crippen molar-refractivity contribution in [3.05, 3.63) is 18.2 Å². The van der Waals surface area contributed by atoms with Gasteiger partial charge in [0.2, 0.25) is 0 Å². The van der Waals surface area contributed by atoms with Crippen LogP contribution in [-0.2, 0) is 6.54 Å². The van der Waals surface area contributed by atoms with Gasteiger partial charge in [-0.05, 0) is 32.6 Å². The van der Waals surface area contributed by atoms with Crippen LogP contribution in [0.1, 0.15) is 44.8 Å². The summed E-state index contributed by atoms with van der Waals surface area (Å²) >= 11 is 0. The summed E-state index contributed by atoms with van der Waals surface area (Å²) in [5.74, 6) is 0.436. The molecule has 96 valence electrons. The second-order valence-corrected chi connectivity index (χ2v) is 5.28. The molecule has 0 saturated heterocycles. The zero-order valence-electron chi connectivity index (χ0n) is 10.8. The summed E-state index contributed by atoms with van der Waals surface area (Å²) in [4.78, 5) is 4.18. The molecule has 0 amide bonds. The van der Waals surface area contributed by atoms with Crippen molar-refractivity contribution in [2.45, 2.75) is 51.8 Å². The Kier molecular flexibility index (Phi) is 4.18. The monoisotopic (exact) mass is 237 g/mol. The fourth-order valence-corrected chi connectivity index (χ4v) is 2.57. The van der Waals surface area contributed by atoms with Gasteiger partial charge in [0.1, 0.15) is 0 Å². The van der Waals surface area contributed by atoms with Gasteiger partial charge in [-0.1, -0.05) is 6.42 Å². The van der Waals surface area contributed by atoms with Gasteiger partial charge in [-0.15, -0.1) is 0 Å². The minimum Gasteiger partial charge on any atom is -0.393 e. The Balaban J connectivity index is 1.79. The molecule has 2 atom stereocenters. The largest absolute Gasteiger partial charge is 0.393 e. The van der Waals surface area contributed by atoms with Gasteiger partial charge in [0.25, 0.3) is 0 Å². The quantitative estimate of drug-likeness (QED) is 0.819. The fraction of sp³-hybridized carbons (Fsp3) is 0.769. The summed E-state index contributed by atoms with van der Waals surface area (Å²) in [5, 5.41) is 13.2. The molecular formula is C13H23N3O. The third kappa shape index (κ3) is 3.07. The molecule has 0 spiro atoms. The molecule has 17 heavy (non-hydrogen) atoms. The van der Waals surface area contributed by atoms with Crippen LogP contribution in [0.2, 0.25) is 0 Å². The lowest BCUT2D eigenvalue weighted by molar-refractivity contribution is 0.131. The predicted molar refractivity (Wildman–Crippen MR) is 67.7 cm³/mol. The summed E-state index contributed by atoms with van der Waals surface area (Å²) < 4.78 is 2.18. The smallest absolute Gasteiger partial charge is 0.0951 e. The van der Waals surface area contributed by atoms with E-state index < -0.39 is 0 Å². The number of aliphatic hydroxyl groups excluding tert-OH is 1. The molecule has 1 aromatic heterocycles.